The number of para-hydroxylation sites is 1. The van der Waals surface area contributed by atoms with Gasteiger partial charge in [-0.15, -0.1) is 0 Å². The average molecular weight is 416 g/mol. The lowest BCUT2D eigenvalue weighted by Crippen LogP contribution is -2.46. The molecule has 2 aromatic rings. The van der Waals surface area contributed by atoms with Crippen molar-refractivity contribution in [2.45, 2.75) is 19.9 Å². The average Bonchev–Trinajstić information content (AvgIpc) is 2.58. The highest BCUT2D eigenvalue weighted by molar-refractivity contribution is 9.10. The van der Waals surface area contributed by atoms with Crippen LogP contribution in [0.1, 0.15) is 24.1 Å². The number of hydrogen-bond donors (Lipinski definition) is 4. The minimum absolute atomic E-state index is 0.00519. The molecule has 0 saturated heterocycles. The Morgan fingerprint density at radius 3 is 2.65 bits per heavy atom. The van der Waals surface area contributed by atoms with E-state index in [4.69, 9.17) is 0 Å². The van der Waals surface area contributed by atoms with E-state index in [1.807, 2.05) is 31.2 Å². The monoisotopic (exact) mass is 415 g/mol. The number of benzene rings is 2. The van der Waals surface area contributed by atoms with Gasteiger partial charge < -0.3 is 21.1 Å². The van der Waals surface area contributed by atoms with E-state index < -0.39 is 12.1 Å². The number of allylic oxidation sites excluding steroid dienone is 1. The number of halogens is 1. The second-order valence-corrected chi connectivity index (χ2v) is 6.96. The Bertz CT molecular complexity index is 924. The second-order valence-electron chi connectivity index (χ2n) is 6.04. The summed E-state index contributed by atoms with van der Waals surface area (Å²) in [5, 5.41) is 18.5. The summed E-state index contributed by atoms with van der Waals surface area (Å²) in [6.45, 7) is 3.56. The molecule has 0 spiro atoms. The number of carbonyl (C=O) groups excluding carboxylic acids is 2. The Labute approximate surface area is 159 Å². The van der Waals surface area contributed by atoms with Crippen molar-refractivity contribution in [2.75, 3.05) is 5.32 Å². The first-order valence-electron chi connectivity index (χ1n) is 8.00. The minimum Gasteiger partial charge on any atom is -0.508 e. The molecular weight excluding hydrogens is 398 g/mol. The molecule has 1 aliphatic heterocycles. The van der Waals surface area contributed by atoms with Gasteiger partial charge in [0.2, 0.25) is 0 Å². The molecule has 0 unspecified atom stereocenters. The van der Waals surface area contributed by atoms with Crippen molar-refractivity contribution >= 4 is 33.6 Å². The Morgan fingerprint density at radius 2 is 1.92 bits per heavy atom. The number of carbonyl (C=O) groups is 2. The molecule has 3 amide bonds. The maximum atomic E-state index is 13.0. The quantitative estimate of drug-likeness (QED) is 0.615. The third kappa shape index (κ3) is 3.57. The van der Waals surface area contributed by atoms with Crippen LogP contribution in [0.3, 0.4) is 0 Å². The van der Waals surface area contributed by atoms with Crippen molar-refractivity contribution in [3.8, 4) is 5.75 Å². The number of phenols is 1. The van der Waals surface area contributed by atoms with E-state index in [1.165, 1.54) is 6.07 Å². The summed E-state index contributed by atoms with van der Waals surface area (Å²) in [7, 11) is 0. The molecule has 0 aliphatic carbocycles. The molecule has 2 aromatic carbocycles. The molecule has 0 fully saturated rings. The van der Waals surface area contributed by atoms with Crippen molar-refractivity contribution in [1.29, 1.82) is 0 Å². The minimum atomic E-state index is -0.773. The van der Waals surface area contributed by atoms with Gasteiger partial charge in [-0.2, -0.15) is 0 Å². The first-order chi connectivity index (χ1) is 12.4. The van der Waals surface area contributed by atoms with E-state index in [0.717, 1.165) is 10.0 Å². The van der Waals surface area contributed by atoms with E-state index in [0.29, 0.717) is 22.5 Å². The molecule has 1 heterocycles. The van der Waals surface area contributed by atoms with Crippen LogP contribution in [0.2, 0.25) is 0 Å². The van der Waals surface area contributed by atoms with Crippen molar-refractivity contribution in [3.05, 3.63) is 69.3 Å². The summed E-state index contributed by atoms with van der Waals surface area (Å²) >= 11 is 3.36. The fourth-order valence-electron chi connectivity index (χ4n) is 2.89. The first-order valence-corrected chi connectivity index (χ1v) is 8.80. The van der Waals surface area contributed by atoms with Gasteiger partial charge in [0.15, 0.2) is 0 Å². The predicted octanol–water partition coefficient (Wildman–Crippen LogP) is 3.73. The van der Waals surface area contributed by atoms with Gasteiger partial charge in [0, 0.05) is 21.4 Å². The summed E-state index contributed by atoms with van der Waals surface area (Å²) in [6.07, 6.45) is 0. The van der Waals surface area contributed by atoms with E-state index in [9.17, 15) is 14.7 Å². The number of aromatic hydroxyl groups is 1. The van der Waals surface area contributed by atoms with Crippen LogP contribution in [-0.4, -0.2) is 17.0 Å². The molecule has 0 bridgehead atoms. The Balaban J connectivity index is 2.02. The Morgan fingerprint density at radius 1 is 1.19 bits per heavy atom. The number of hydrogen-bond acceptors (Lipinski definition) is 3. The highest BCUT2D eigenvalue weighted by Gasteiger charge is 2.33. The summed E-state index contributed by atoms with van der Waals surface area (Å²) in [5.41, 5.74) is 2.81. The van der Waals surface area contributed by atoms with E-state index in [-0.39, 0.29) is 11.7 Å². The molecule has 3 rings (SSSR count). The molecule has 1 aliphatic rings. The Kier molecular flexibility index (Phi) is 4.99. The lowest BCUT2D eigenvalue weighted by atomic mass is 9.94. The van der Waals surface area contributed by atoms with Gasteiger partial charge in [-0.1, -0.05) is 34.1 Å². The van der Waals surface area contributed by atoms with Crippen LogP contribution >= 0.6 is 15.9 Å². The van der Waals surface area contributed by atoms with Crippen LogP contribution < -0.4 is 16.0 Å². The number of aryl methyl sites for hydroxylation is 1. The molecule has 0 saturated carbocycles. The van der Waals surface area contributed by atoms with Crippen molar-refractivity contribution in [3.63, 3.8) is 0 Å². The fourth-order valence-corrected chi connectivity index (χ4v) is 3.27. The molecule has 134 valence electrons. The third-order valence-corrected chi connectivity index (χ3v) is 4.70. The maximum absolute atomic E-state index is 13.0. The fraction of sp³-hybridized carbons (Fsp3) is 0.158. The second kappa shape index (κ2) is 7.21. The number of amides is 3. The summed E-state index contributed by atoms with van der Waals surface area (Å²) < 4.78 is 0.731. The zero-order chi connectivity index (χ0) is 18.8. The summed E-state index contributed by atoms with van der Waals surface area (Å²) in [5.74, 6) is -0.358. The lowest BCUT2D eigenvalue weighted by molar-refractivity contribution is -0.113. The lowest BCUT2D eigenvalue weighted by Gasteiger charge is -2.29. The van der Waals surface area contributed by atoms with E-state index in [1.54, 1.807) is 19.1 Å². The van der Waals surface area contributed by atoms with Crippen LogP contribution in [0.15, 0.2) is 58.2 Å². The SMILES string of the molecule is CC1=C(C(=O)Nc2ccccc2C)[C@@H](c2cc(Br)ccc2O)NC(=O)N1. The number of nitrogens with one attached hydrogen (secondary N) is 3. The van der Waals surface area contributed by atoms with E-state index in [2.05, 4.69) is 31.9 Å². The van der Waals surface area contributed by atoms with Gasteiger partial charge in [-0.05, 0) is 43.7 Å². The Hall–Kier alpha value is -2.80. The smallest absolute Gasteiger partial charge is 0.319 e. The highest BCUT2D eigenvalue weighted by Crippen LogP contribution is 2.34. The molecule has 4 N–H and O–H groups in total. The van der Waals surface area contributed by atoms with Gasteiger partial charge in [0.05, 0.1) is 11.6 Å². The highest BCUT2D eigenvalue weighted by atomic mass is 79.9. The third-order valence-electron chi connectivity index (χ3n) is 4.21. The summed E-state index contributed by atoms with van der Waals surface area (Å²) in [4.78, 5) is 24.9. The van der Waals surface area contributed by atoms with Gasteiger partial charge in [0.25, 0.3) is 5.91 Å². The number of urea groups is 1. The van der Waals surface area contributed by atoms with Crippen molar-refractivity contribution in [1.82, 2.24) is 10.6 Å². The van der Waals surface area contributed by atoms with Gasteiger partial charge >= 0.3 is 6.03 Å². The van der Waals surface area contributed by atoms with Crippen LogP contribution in [0.5, 0.6) is 5.75 Å². The molecule has 0 radical (unpaired) electrons. The van der Waals surface area contributed by atoms with Crippen LogP contribution in [0.4, 0.5) is 10.5 Å². The number of phenolic OH excluding ortho intramolecular Hbond substituents is 1. The molecule has 1 atom stereocenters. The van der Waals surface area contributed by atoms with Gasteiger partial charge in [-0.25, -0.2) is 4.79 Å². The predicted molar refractivity (Wildman–Crippen MR) is 103 cm³/mol. The van der Waals surface area contributed by atoms with Gasteiger partial charge in [-0.3, -0.25) is 4.79 Å². The maximum Gasteiger partial charge on any atom is 0.319 e. The zero-order valence-corrected chi connectivity index (χ0v) is 15.8. The molecule has 6 nitrogen and oxygen atoms in total. The van der Waals surface area contributed by atoms with Crippen LogP contribution in [-0.2, 0) is 4.79 Å². The zero-order valence-electron chi connectivity index (χ0n) is 14.3. The normalized spacial score (nSPS) is 16.7. The first kappa shape index (κ1) is 18.0. The van der Waals surface area contributed by atoms with Gasteiger partial charge in [0.1, 0.15) is 5.75 Å². The number of anilines is 1. The van der Waals surface area contributed by atoms with Crippen LogP contribution in [0, 0.1) is 6.92 Å². The standard InChI is InChI=1S/C19H18BrN3O3/c1-10-5-3-4-6-14(10)22-18(25)16-11(2)21-19(26)23-17(16)13-9-12(20)7-8-15(13)24/h3-9,17,24H,1-2H3,(H,22,25)(H2,21,23,26)/t17-/m1/s1. The molecular formula is C19H18BrN3O3. The van der Waals surface area contributed by atoms with Crippen molar-refractivity contribution in [2.24, 2.45) is 0 Å². The molecule has 0 aromatic heterocycles. The molecule has 7 heteroatoms. The number of rotatable bonds is 3. The summed E-state index contributed by atoms with van der Waals surface area (Å²) in [6, 6.07) is 11.1. The molecule has 26 heavy (non-hydrogen) atoms. The topological polar surface area (TPSA) is 90.5 Å². The van der Waals surface area contributed by atoms with E-state index >= 15 is 0 Å². The largest absolute Gasteiger partial charge is 0.508 e. The van der Waals surface area contributed by atoms with Crippen molar-refractivity contribution < 1.29 is 14.7 Å². The van der Waals surface area contributed by atoms with Crippen LogP contribution in [0.25, 0.3) is 0 Å².